The average molecular weight is 341 g/mol. The first kappa shape index (κ1) is 17.8. The summed E-state index contributed by atoms with van der Waals surface area (Å²) in [4.78, 5) is 7.03. The molecule has 25 heavy (non-hydrogen) atoms. The maximum Gasteiger partial charge on any atom is 0.0648 e. The van der Waals surface area contributed by atoms with Crippen LogP contribution in [0.5, 0.6) is 0 Å². The van der Waals surface area contributed by atoms with E-state index in [4.69, 9.17) is 4.74 Å². The van der Waals surface area contributed by atoms with Gasteiger partial charge in [0, 0.05) is 44.1 Å². The molecule has 0 radical (unpaired) electrons. The first-order valence-corrected chi connectivity index (χ1v) is 8.85. The summed E-state index contributed by atoms with van der Waals surface area (Å²) in [6, 6.07) is 6.38. The first-order chi connectivity index (χ1) is 12.3. The second-order valence-electron chi connectivity index (χ2n) is 6.30. The van der Waals surface area contributed by atoms with Crippen molar-refractivity contribution in [2.45, 2.75) is 26.1 Å². The van der Waals surface area contributed by atoms with Crippen LogP contribution in [0.3, 0.4) is 0 Å². The molecule has 3 rings (SSSR count). The van der Waals surface area contributed by atoms with Gasteiger partial charge in [-0.15, -0.1) is 6.58 Å². The molecule has 134 valence electrons. The molecule has 3 heterocycles. The van der Waals surface area contributed by atoms with Crippen LogP contribution in [-0.4, -0.2) is 52.5 Å². The van der Waals surface area contributed by atoms with Gasteiger partial charge < -0.3 is 10.1 Å². The molecule has 1 atom stereocenters. The summed E-state index contributed by atoms with van der Waals surface area (Å²) in [5.74, 6) is 0. The van der Waals surface area contributed by atoms with Gasteiger partial charge in [0.05, 0.1) is 37.2 Å². The highest BCUT2D eigenvalue weighted by molar-refractivity contribution is 5.16. The van der Waals surface area contributed by atoms with Gasteiger partial charge >= 0.3 is 0 Å². The van der Waals surface area contributed by atoms with Gasteiger partial charge in [0.25, 0.3) is 0 Å². The highest BCUT2D eigenvalue weighted by Crippen LogP contribution is 2.19. The van der Waals surface area contributed by atoms with E-state index in [0.29, 0.717) is 0 Å². The Hall–Kier alpha value is -2.02. The third kappa shape index (κ3) is 4.75. The number of hydrogen-bond donors (Lipinski definition) is 1. The van der Waals surface area contributed by atoms with Crippen molar-refractivity contribution in [2.75, 3.05) is 32.8 Å². The fourth-order valence-corrected chi connectivity index (χ4v) is 3.18. The van der Waals surface area contributed by atoms with Crippen molar-refractivity contribution in [3.63, 3.8) is 0 Å². The number of rotatable bonds is 8. The lowest BCUT2D eigenvalue weighted by molar-refractivity contribution is 0.0152. The number of nitrogens with one attached hydrogen (secondary N) is 1. The van der Waals surface area contributed by atoms with Crippen LogP contribution in [0.4, 0.5) is 0 Å². The largest absolute Gasteiger partial charge is 0.379 e. The minimum atomic E-state index is 0.258. The molecule has 0 aliphatic carbocycles. The zero-order valence-electron chi connectivity index (χ0n) is 14.9. The Morgan fingerprint density at radius 3 is 2.92 bits per heavy atom. The Bertz CT molecular complexity index is 664. The van der Waals surface area contributed by atoms with Crippen molar-refractivity contribution >= 4 is 0 Å². The molecule has 1 unspecified atom stereocenters. The molecule has 0 spiro atoms. The topological polar surface area (TPSA) is 55.2 Å². The van der Waals surface area contributed by atoms with Crippen molar-refractivity contribution in [3.05, 3.63) is 60.2 Å². The third-order valence-corrected chi connectivity index (χ3v) is 4.53. The summed E-state index contributed by atoms with van der Waals surface area (Å²) in [6.45, 7) is 11.7. The van der Waals surface area contributed by atoms with Crippen LogP contribution in [0.1, 0.15) is 23.0 Å². The second kappa shape index (κ2) is 8.89. The van der Waals surface area contributed by atoms with Crippen molar-refractivity contribution < 1.29 is 4.74 Å². The van der Waals surface area contributed by atoms with Crippen LogP contribution in [0, 0.1) is 6.92 Å². The van der Waals surface area contributed by atoms with E-state index in [1.165, 1.54) is 5.56 Å². The number of nitrogens with zero attached hydrogens (tertiary/aromatic N) is 4. The number of ether oxygens (including phenoxy) is 1. The van der Waals surface area contributed by atoms with Crippen LogP contribution in [0.25, 0.3) is 0 Å². The highest BCUT2D eigenvalue weighted by atomic mass is 16.5. The van der Waals surface area contributed by atoms with E-state index in [9.17, 15) is 0 Å². The lowest BCUT2D eigenvalue weighted by Gasteiger charge is -2.34. The molecule has 1 saturated heterocycles. The summed E-state index contributed by atoms with van der Waals surface area (Å²) in [6.07, 6.45) is 5.82. The lowest BCUT2D eigenvalue weighted by Crippen LogP contribution is -2.43. The molecule has 0 saturated carbocycles. The third-order valence-electron chi connectivity index (χ3n) is 4.53. The van der Waals surface area contributed by atoms with Gasteiger partial charge in [0.15, 0.2) is 0 Å². The molecule has 1 aliphatic heterocycles. The summed E-state index contributed by atoms with van der Waals surface area (Å²) >= 11 is 0. The molecule has 1 fully saturated rings. The van der Waals surface area contributed by atoms with E-state index in [1.54, 1.807) is 0 Å². The second-order valence-corrected chi connectivity index (χ2v) is 6.30. The molecular formula is C19H27N5O. The van der Waals surface area contributed by atoms with Crippen LogP contribution < -0.4 is 5.32 Å². The minimum absolute atomic E-state index is 0.258. The monoisotopic (exact) mass is 341 g/mol. The molecular weight excluding hydrogens is 314 g/mol. The Labute approximate surface area is 149 Å². The maximum absolute atomic E-state index is 5.50. The van der Waals surface area contributed by atoms with E-state index in [1.807, 2.05) is 23.0 Å². The predicted molar refractivity (Wildman–Crippen MR) is 98.2 cm³/mol. The molecule has 0 bridgehead atoms. The lowest BCUT2D eigenvalue weighted by atomic mass is 10.1. The van der Waals surface area contributed by atoms with Gasteiger partial charge in [0.2, 0.25) is 0 Å². The van der Waals surface area contributed by atoms with Gasteiger partial charge in [-0.3, -0.25) is 14.6 Å². The van der Waals surface area contributed by atoms with Crippen molar-refractivity contribution in [1.82, 2.24) is 25.0 Å². The Morgan fingerprint density at radius 2 is 2.20 bits per heavy atom. The van der Waals surface area contributed by atoms with E-state index < -0.39 is 0 Å². The fraction of sp³-hybridized carbons (Fsp3) is 0.474. The SMILES string of the molecule is C=CCn1cc(CNCC(c2ccccn2)N2CCOCC2)c(C)n1. The van der Waals surface area contributed by atoms with Gasteiger partial charge in [-0.2, -0.15) is 5.10 Å². The number of hydrogen-bond acceptors (Lipinski definition) is 5. The molecule has 1 aliphatic rings. The fourth-order valence-electron chi connectivity index (χ4n) is 3.18. The first-order valence-electron chi connectivity index (χ1n) is 8.85. The maximum atomic E-state index is 5.50. The van der Waals surface area contributed by atoms with Gasteiger partial charge in [0.1, 0.15) is 0 Å². The highest BCUT2D eigenvalue weighted by Gasteiger charge is 2.23. The Balaban J connectivity index is 1.63. The quantitative estimate of drug-likeness (QED) is 0.744. The molecule has 6 heteroatoms. The van der Waals surface area contributed by atoms with Gasteiger partial charge in [-0.05, 0) is 19.1 Å². The van der Waals surface area contributed by atoms with Crippen molar-refractivity contribution in [1.29, 1.82) is 0 Å². The van der Waals surface area contributed by atoms with Crippen LogP contribution >= 0.6 is 0 Å². The standard InChI is InChI=1S/C19H27N5O/c1-3-8-24-15-17(16(2)22-24)13-20-14-19(18-6-4-5-7-21-18)23-9-11-25-12-10-23/h3-7,15,19-20H,1,8-14H2,2H3. The summed E-state index contributed by atoms with van der Waals surface area (Å²) in [5, 5.41) is 8.10. The predicted octanol–water partition coefficient (Wildman–Crippen LogP) is 1.94. The number of allylic oxidation sites excluding steroid dienone is 1. The summed E-state index contributed by atoms with van der Waals surface area (Å²) in [7, 11) is 0. The number of aryl methyl sites for hydroxylation is 1. The molecule has 2 aromatic heterocycles. The van der Waals surface area contributed by atoms with E-state index >= 15 is 0 Å². The zero-order chi connectivity index (χ0) is 17.5. The van der Waals surface area contributed by atoms with Crippen LogP contribution in [0.15, 0.2) is 43.2 Å². The number of pyridine rings is 1. The van der Waals surface area contributed by atoms with E-state index in [2.05, 4.69) is 52.1 Å². The summed E-state index contributed by atoms with van der Waals surface area (Å²) < 4.78 is 7.43. The minimum Gasteiger partial charge on any atom is -0.379 e. The normalized spacial score (nSPS) is 16.7. The smallest absolute Gasteiger partial charge is 0.0648 e. The van der Waals surface area contributed by atoms with Crippen LogP contribution in [-0.2, 0) is 17.8 Å². The zero-order valence-corrected chi connectivity index (χ0v) is 14.9. The van der Waals surface area contributed by atoms with E-state index in [0.717, 1.165) is 57.3 Å². The molecule has 1 N–H and O–H groups in total. The average Bonchev–Trinajstić information content (AvgIpc) is 3.00. The Morgan fingerprint density at radius 1 is 1.36 bits per heavy atom. The van der Waals surface area contributed by atoms with E-state index in [-0.39, 0.29) is 6.04 Å². The van der Waals surface area contributed by atoms with Gasteiger partial charge in [-0.1, -0.05) is 12.1 Å². The van der Waals surface area contributed by atoms with Crippen LogP contribution in [0.2, 0.25) is 0 Å². The number of aromatic nitrogens is 3. The molecule has 2 aromatic rings. The molecule has 6 nitrogen and oxygen atoms in total. The van der Waals surface area contributed by atoms with Crippen molar-refractivity contribution in [2.24, 2.45) is 0 Å². The summed E-state index contributed by atoms with van der Waals surface area (Å²) in [5.41, 5.74) is 3.40. The molecule has 0 amide bonds. The molecule has 0 aromatic carbocycles. The van der Waals surface area contributed by atoms with Crippen molar-refractivity contribution in [3.8, 4) is 0 Å². The Kier molecular flexibility index (Phi) is 6.33. The number of morpholine rings is 1. The van der Waals surface area contributed by atoms with Gasteiger partial charge in [-0.25, -0.2) is 0 Å².